The van der Waals surface area contributed by atoms with Crippen molar-refractivity contribution in [1.29, 1.82) is 0 Å². The molecule has 1 aromatic carbocycles. The number of para-hydroxylation sites is 1. The molecule has 1 heterocycles. The second kappa shape index (κ2) is 5.84. The summed E-state index contributed by atoms with van der Waals surface area (Å²) >= 11 is 0. The molecule has 2 aromatic rings. The van der Waals surface area contributed by atoms with Crippen molar-refractivity contribution in [2.24, 2.45) is 0 Å². The second-order valence-electron chi connectivity index (χ2n) is 4.13. The molecule has 0 atom stereocenters. The van der Waals surface area contributed by atoms with Crippen molar-refractivity contribution in [2.45, 2.75) is 13.3 Å². The van der Waals surface area contributed by atoms with E-state index in [1.165, 1.54) is 10.9 Å². The summed E-state index contributed by atoms with van der Waals surface area (Å²) in [6, 6.07) is 8.20. The van der Waals surface area contributed by atoms with Gasteiger partial charge in [0.05, 0.1) is 6.61 Å². The van der Waals surface area contributed by atoms with Gasteiger partial charge in [0.1, 0.15) is 11.3 Å². The van der Waals surface area contributed by atoms with Gasteiger partial charge in [0, 0.05) is 24.6 Å². The van der Waals surface area contributed by atoms with Gasteiger partial charge in [-0.15, -0.1) is 0 Å². The summed E-state index contributed by atoms with van der Waals surface area (Å²) in [6.45, 7) is 4.63. The molecule has 0 unspecified atom stereocenters. The topological polar surface area (TPSA) is 34.4 Å². The number of ether oxygens (including phenoxy) is 1. The van der Waals surface area contributed by atoms with Gasteiger partial charge in [-0.25, -0.2) is 0 Å². The lowest BCUT2D eigenvalue weighted by atomic mass is 10.1. The Hall–Kier alpha value is -1.32. The number of methoxy groups -OCH3 is 1. The summed E-state index contributed by atoms with van der Waals surface area (Å²) in [6.07, 6.45) is 0.993. The van der Waals surface area contributed by atoms with Crippen LogP contribution in [0.1, 0.15) is 11.3 Å². The SMILES string of the molecule is COCCNCCc1c(C)oc2ccccc12. The van der Waals surface area contributed by atoms with Gasteiger partial charge in [-0.2, -0.15) is 0 Å². The smallest absolute Gasteiger partial charge is 0.134 e. The first-order valence-corrected chi connectivity index (χ1v) is 5.99. The predicted molar refractivity (Wildman–Crippen MR) is 69.4 cm³/mol. The maximum absolute atomic E-state index is 5.72. The van der Waals surface area contributed by atoms with Gasteiger partial charge in [0.15, 0.2) is 0 Å². The fraction of sp³-hybridized carbons (Fsp3) is 0.429. The predicted octanol–water partition coefficient (Wildman–Crippen LogP) is 2.52. The van der Waals surface area contributed by atoms with Crippen LogP contribution in [-0.2, 0) is 11.2 Å². The highest BCUT2D eigenvalue weighted by molar-refractivity contribution is 5.82. The molecule has 0 saturated heterocycles. The van der Waals surface area contributed by atoms with E-state index in [4.69, 9.17) is 9.15 Å². The molecule has 17 heavy (non-hydrogen) atoms. The van der Waals surface area contributed by atoms with Crippen LogP contribution in [0.25, 0.3) is 11.0 Å². The zero-order valence-corrected chi connectivity index (χ0v) is 10.5. The molecule has 1 aromatic heterocycles. The van der Waals surface area contributed by atoms with Crippen LogP contribution in [0.5, 0.6) is 0 Å². The highest BCUT2D eigenvalue weighted by Gasteiger charge is 2.09. The Balaban J connectivity index is 2.00. The highest BCUT2D eigenvalue weighted by Crippen LogP contribution is 2.25. The van der Waals surface area contributed by atoms with Crippen LogP contribution < -0.4 is 5.32 Å². The van der Waals surface area contributed by atoms with Crippen LogP contribution >= 0.6 is 0 Å². The molecule has 1 N–H and O–H groups in total. The first kappa shape index (κ1) is 12.1. The van der Waals surface area contributed by atoms with Crippen LogP contribution in [0, 0.1) is 6.92 Å². The van der Waals surface area contributed by atoms with Crippen molar-refractivity contribution in [3.05, 3.63) is 35.6 Å². The normalized spacial score (nSPS) is 11.2. The third-order valence-corrected chi connectivity index (χ3v) is 2.93. The zero-order valence-electron chi connectivity index (χ0n) is 10.5. The van der Waals surface area contributed by atoms with Crippen molar-refractivity contribution in [1.82, 2.24) is 5.32 Å². The van der Waals surface area contributed by atoms with E-state index in [0.29, 0.717) is 0 Å². The molecule has 0 saturated carbocycles. The molecule has 0 aliphatic rings. The molecule has 0 spiro atoms. The van der Waals surface area contributed by atoms with E-state index in [2.05, 4.69) is 17.4 Å². The molecule has 0 aliphatic heterocycles. The highest BCUT2D eigenvalue weighted by atomic mass is 16.5. The van der Waals surface area contributed by atoms with Crippen LogP contribution in [-0.4, -0.2) is 26.8 Å². The zero-order chi connectivity index (χ0) is 12.1. The summed E-state index contributed by atoms with van der Waals surface area (Å²) in [7, 11) is 1.72. The van der Waals surface area contributed by atoms with E-state index in [0.717, 1.165) is 37.5 Å². The van der Waals surface area contributed by atoms with E-state index in [1.54, 1.807) is 7.11 Å². The molecular formula is C14H19NO2. The van der Waals surface area contributed by atoms with Gasteiger partial charge in [0.2, 0.25) is 0 Å². The summed E-state index contributed by atoms with van der Waals surface area (Å²) in [4.78, 5) is 0. The summed E-state index contributed by atoms with van der Waals surface area (Å²) in [5.41, 5.74) is 2.29. The number of hydrogen-bond donors (Lipinski definition) is 1. The lowest BCUT2D eigenvalue weighted by Gasteiger charge is -2.03. The largest absolute Gasteiger partial charge is 0.461 e. The van der Waals surface area contributed by atoms with Gasteiger partial charge in [-0.05, 0) is 26.0 Å². The van der Waals surface area contributed by atoms with Crippen molar-refractivity contribution in [2.75, 3.05) is 26.8 Å². The van der Waals surface area contributed by atoms with E-state index in [-0.39, 0.29) is 0 Å². The van der Waals surface area contributed by atoms with Crippen molar-refractivity contribution in [3.8, 4) is 0 Å². The number of aryl methyl sites for hydroxylation is 1. The molecule has 0 radical (unpaired) electrons. The van der Waals surface area contributed by atoms with Crippen molar-refractivity contribution >= 4 is 11.0 Å². The monoisotopic (exact) mass is 233 g/mol. The second-order valence-corrected chi connectivity index (χ2v) is 4.13. The molecule has 0 fully saturated rings. The average molecular weight is 233 g/mol. The maximum Gasteiger partial charge on any atom is 0.134 e. The number of furan rings is 1. The fourth-order valence-corrected chi connectivity index (χ4v) is 2.04. The van der Waals surface area contributed by atoms with Crippen LogP contribution in [0.4, 0.5) is 0 Å². The lowest BCUT2D eigenvalue weighted by molar-refractivity contribution is 0.199. The van der Waals surface area contributed by atoms with Gasteiger partial charge >= 0.3 is 0 Å². The number of hydrogen-bond acceptors (Lipinski definition) is 3. The third-order valence-electron chi connectivity index (χ3n) is 2.93. The number of nitrogens with one attached hydrogen (secondary N) is 1. The number of fused-ring (bicyclic) bond motifs is 1. The molecule has 3 heteroatoms. The summed E-state index contributed by atoms with van der Waals surface area (Å²) in [5.74, 6) is 1.03. The van der Waals surface area contributed by atoms with Crippen LogP contribution in [0.3, 0.4) is 0 Å². The Morgan fingerprint density at radius 3 is 2.88 bits per heavy atom. The standard InChI is InChI=1S/C14H19NO2/c1-11-12(7-8-15-9-10-16-2)13-5-3-4-6-14(13)17-11/h3-6,15H,7-10H2,1-2H3. The molecule has 0 aliphatic carbocycles. The first-order valence-electron chi connectivity index (χ1n) is 5.99. The third kappa shape index (κ3) is 2.87. The van der Waals surface area contributed by atoms with E-state index >= 15 is 0 Å². The molecular weight excluding hydrogens is 214 g/mol. The summed E-state index contributed by atoms with van der Waals surface area (Å²) in [5, 5.41) is 4.58. The Kier molecular flexibility index (Phi) is 4.18. The van der Waals surface area contributed by atoms with Gasteiger partial charge < -0.3 is 14.5 Å². The molecule has 0 bridgehead atoms. The van der Waals surface area contributed by atoms with Crippen LogP contribution in [0.15, 0.2) is 28.7 Å². The van der Waals surface area contributed by atoms with Gasteiger partial charge in [0.25, 0.3) is 0 Å². The molecule has 2 rings (SSSR count). The lowest BCUT2D eigenvalue weighted by Crippen LogP contribution is -2.21. The first-order chi connectivity index (χ1) is 8.33. The Morgan fingerprint density at radius 2 is 2.06 bits per heavy atom. The van der Waals surface area contributed by atoms with E-state index in [9.17, 15) is 0 Å². The minimum atomic E-state index is 0.755. The Bertz CT molecular complexity index is 476. The molecule has 0 amide bonds. The quantitative estimate of drug-likeness (QED) is 0.778. The van der Waals surface area contributed by atoms with Gasteiger partial charge in [-0.1, -0.05) is 18.2 Å². The Morgan fingerprint density at radius 1 is 1.24 bits per heavy atom. The fourth-order valence-electron chi connectivity index (χ4n) is 2.04. The van der Waals surface area contributed by atoms with E-state index in [1.807, 2.05) is 19.1 Å². The number of benzene rings is 1. The number of rotatable bonds is 6. The maximum atomic E-state index is 5.72. The molecule has 92 valence electrons. The summed E-state index contributed by atoms with van der Waals surface area (Å²) < 4.78 is 10.7. The Labute approximate surface area is 102 Å². The van der Waals surface area contributed by atoms with Gasteiger partial charge in [-0.3, -0.25) is 0 Å². The minimum Gasteiger partial charge on any atom is -0.461 e. The van der Waals surface area contributed by atoms with Crippen molar-refractivity contribution < 1.29 is 9.15 Å². The van der Waals surface area contributed by atoms with Crippen molar-refractivity contribution in [3.63, 3.8) is 0 Å². The minimum absolute atomic E-state index is 0.755. The van der Waals surface area contributed by atoms with Crippen LogP contribution in [0.2, 0.25) is 0 Å². The van der Waals surface area contributed by atoms with E-state index < -0.39 is 0 Å². The average Bonchev–Trinajstić information content (AvgIpc) is 2.65. The molecule has 3 nitrogen and oxygen atoms in total.